The molecule has 2 rings (SSSR count). The Morgan fingerprint density at radius 1 is 1.20 bits per heavy atom. The van der Waals surface area contributed by atoms with Gasteiger partial charge in [-0.15, -0.1) is 0 Å². The third-order valence-corrected chi connectivity index (χ3v) is 4.39. The zero-order chi connectivity index (χ0) is 22.6. The zero-order valence-corrected chi connectivity index (χ0v) is 17.3. The van der Waals surface area contributed by atoms with Crippen molar-refractivity contribution in [1.82, 2.24) is 9.97 Å². The van der Waals surface area contributed by atoms with Gasteiger partial charge in [-0.25, -0.2) is 4.79 Å². The van der Waals surface area contributed by atoms with Gasteiger partial charge >= 0.3 is 17.6 Å². The van der Waals surface area contributed by atoms with Crippen LogP contribution >= 0.6 is 0 Å². The molecule has 30 heavy (non-hydrogen) atoms. The summed E-state index contributed by atoms with van der Waals surface area (Å²) in [5, 5.41) is 2.65. The van der Waals surface area contributed by atoms with Crippen molar-refractivity contribution >= 4 is 33.7 Å². The molecule has 0 aromatic carbocycles. The summed E-state index contributed by atoms with van der Waals surface area (Å²) < 4.78 is 44.1. The van der Waals surface area contributed by atoms with Crippen LogP contribution in [0, 0.1) is 0 Å². The summed E-state index contributed by atoms with van der Waals surface area (Å²) >= 11 is 0. The number of nitrogens with zero attached hydrogens (tertiary/aromatic N) is 1. The lowest BCUT2D eigenvalue weighted by molar-refractivity contribution is -0.151. The minimum Gasteiger partial charge on any atom is -0.463 e. The molecule has 0 amide bonds. The topological polar surface area (TPSA) is 180 Å². The van der Waals surface area contributed by atoms with Crippen LogP contribution in [0.15, 0.2) is 11.0 Å². The van der Waals surface area contributed by atoms with E-state index in [0.717, 1.165) is 26.3 Å². The molecule has 2 heterocycles. The van der Waals surface area contributed by atoms with E-state index < -0.39 is 64.7 Å². The first-order chi connectivity index (χ1) is 13.9. The summed E-state index contributed by atoms with van der Waals surface area (Å²) in [7, 11) is -4.04. The number of hydrogen-bond donors (Lipinski definition) is 2. The Labute approximate surface area is 171 Å². The highest BCUT2D eigenvalue weighted by molar-refractivity contribution is 7.86. The number of carbonyl (C=O) groups excluding carboxylic acids is 3. The zero-order valence-electron chi connectivity index (χ0n) is 16.5. The first-order valence-electron chi connectivity index (χ1n) is 8.59. The van der Waals surface area contributed by atoms with Crippen molar-refractivity contribution in [3.63, 3.8) is 0 Å². The van der Waals surface area contributed by atoms with E-state index in [1.165, 1.54) is 6.92 Å². The summed E-state index contributed by atoms with van der Waals surface area (Å²) in [6.07, 6.45) is -3.26. The lowest BCUT2D eigenvalue weighted by Gasteiger charge is -2.23. The average Bonchev–Trinajstić information content (AvgIpc) is 2.87. The highest BCUT2D eigenvalue weighted by Gasteiger charge is 2.50. The van der Waals surface area contributed by atoms with Crippen molar-refractivity contribution in [3.05, 3.63) is 22.2 Å². The summed E-state index contributed by atoms with van der Waals surface area (Å²) in [5.41, 5.74) is -0.770. The Hall–Kier alpha value is -2.84. The molecule has 1 saturated heterocycles. The van der Waals surface area contributed by atoms with Crippen molar-refractivity contribution in [2.24, 2.45) is 0 Å². The van der Waals surface area contributed by atoms with Gasteiger partial charge in [0.1, 0.15) is 24.6 Å². The van der Waals surface area contributed by atoms with Crippen LogP contribution < -0.4 is 11.0 Å². The predicted molar refractivity (Wildman–Crippen MR) is 99.0 cm³/mol. The van der Waals surface area contributed by atoms with Gasteiger partial charge in [-0.05, 0) is 6.92 Å². The standard InChI is InChI=1S/C16H21N3O10S/c1-7(20)10-5-17-16(23)19-14(10)18-15-13(27-9(3)22)12(29-30(4,24)25)11(28-15)6-26-8(2)21/h5,11-13,15H,6H2,1-4H3,(H2,17,18,19,23)/t11-,12+,13-,15-/m1/s1. The van der Waals surface area contributed by atoms with E-state index in [2.05, 4.69) is 15.3 Å². The van der Waals surface area contributed by atoms with E-state index in [-0.39, 0.29) is 11.4 Å². The van der Waals surface area contributed by atoms with E-state index in [4.69, 9.17) is 18.4 Å². The van der Waals surface area contributed by atoms with E-state index in [1.807, 2.05) is 0 Å². The van der Waals surface area contributed by atoms with Crippen molar-refractivity contribution in [2.45, 2.75) is 45.3 Å². The molecule has 4 atom stereocenters. The molecular formula is C16H21N3O10S. The predicted octanol–water partition coefficient (Wildman–Crippen LogP) is -1.05. The first kappa shape index (κ1) is 23.4. The summed E-state index contributed by atoms with van der Waals surface area (Å²) in [4.78, 5) is 52.1. The molecule has 0 saturated carbocycles. The number of H-pyrrole nitrogens is 1. The molecule has 0 aliphatic carbocycles. The molecule has 1 aliphatic rings. The number of anilines is 1. The molecule has 1 aliphatic heterocycles. The van der Waals surface area contributed by atoms with Crippen molar-refractivity contribution in [3.8, 4) is 0 Å². The Morgan fingerprint density at radius 2 is 1.87 bits per heavy atom. The molecule has 14 heteroatoms. The van der Waals surface area contributed by atoms with Gasteiger partial charge in [0.05, 0.1) is 11.8 Å². The molecule has 0 spiro atoms. The lowest BCUT2D eigenvalue weighted by atomic mass is 10.1. The smallest absolute Gasteiger partial charge is 0.346 e. The van der Waals surface area contributed by atoms with Gasteiger partial charge in [-0.2, -0.15) is 13.4 Å². The maximum absolute atomic E-state index is 11.8. The third-order valence-electron chi connectivity index (χ3n) is 3.82. The fourth-order valence-electron chi connectivity index (χ4n) is 2.73. The number of carbonyl (C=O) groups is 3. The number of rotatable bonds is 8. The summed E-state index contributed by atoms with van der Waals surface area (Å²) in [5.74, 6) is -2.06. The second-order valence-corrected chi connectivity index (χ2v) is 8.01. The number of nitrogens with one attached hydrogen (secondary N) is 2. The van der Waals surface area contributed by atoms with Crippen LogP contribution in [0.3, 0.4) is 0 Å². The number of Topliss-reactive ketones (excluding diaryl/α,β-unsaturated/α-hetero) is 1. The van der Waals surface area contributed by atoms with Gasteiger partial charge < -0.3 is 24.5 Å². The highest BCUT2D eigenvalue weighted by Crippen LogP contribution is 2.29. The van der Waals surface area contributed by atoms with E-state index in [9.17, 15) is 27.6 Å². The monoisotopic (exact) mass is 447 g/mol. The fourth-order valence-corrected chi connectivity index (χ4v) is 3.36. The van der Waals surface area contributed by atoms with Crippen LogP contribution in [0.25, 0.3) is 0 Å². The van der Waals surface area contributed by atoms with E-state index in [0.29, 0.717) is 0 Å². The van der Waals surface area contributed by atoms with Gasteiger partial charge in [0, 0.05) is 20.0 Å². The minimum atomic E-state index is -4.04. The second kappa shape index (κ2) is 9.32. The Balaban J connectivity index is 2.42. The van der Waals surface area contributed by atoms with Crippen LogP contribution in [0.4, 0.5) is 5.82 Å². The van der Waals surface area contributed by atoms with Gasteiger partial charge in [-0.3, -0.25) is 18.6 Å². The van der Waals surface area contributed by atoms with Crippen LogP contribution in [0.1, 0.15) is 31.1 Å². The van der Waals surface area contributed by atoms with Gasteiger partial charge in [-0.1, -0.05) is 0 Å². The normalized spacial score (nSPS) is 23.6. The molecule has 0 bridgehead atoms. The number of esters is 2. The first-order valence-corrected chi connectivity index (χ1v) is 10.4. The number of aromatic nitrogens is 2. The van der Waals surface area contributed by atoms with Crippen LogP contribution in [0.5, 0.6) is 0 Å². The van der Waals surface area contributed by atoms with Crippen molar-refractivity contribution in [2.75, 3.05) is 18.2 Å². The Bertz CT molecular complexity index is 989. The second-order valence-electron chi connectivity index (χ2n) is 6.41. The van der Waals surface area contributed by atoms with Gasteiger partial charge in [0.25, 0.3) is 10.1 Å². The van der Waals surface area contributed by atoms with E-state index >= 15 is 0 Å². The third kappa shape index (κ3) is 6.33. The summed E-state index contributed by atoms with van der Waals surface area (Å²) in [6, 6.07) is 0. The maximum atomic E-state index is 11.8. The molecule has 13 nitrogen and oxygen atoms in total. The molecule has 1 aromatic heterocycles. The van der Waals surface area contributed by atoms with Gasteiger partial charge in [0.2, 0.25) is 0 Å². The van der Waals surface area contributed by atoms with E-state index in [1.54, 1.807) is 0 Å². The SMILES string of the molecule is CC(=O)OC[C@H]1O[C@@H](Nc2nc(=O)[nH]cc2C(C)=O)[C@H](OC(C)=O)[C@H]1OS(C)(=O)=O. The molecule has 2 N–H and O–H groups in total. The molecule has 1 aromatic rings. The fraction of sp³-hybridized carbons (Fsp3) is 0.562. The molecular weight excluding hydrogens is 426 g/mol. The molecule has 0 unspecified atom stereocenters. The molecule has 0 radical (unpaired) electrons. The average molecular weight is 447 g/mol. The van der Waals surface area contributed by atoms with Crippen molar-refractivity contribution < 1.29 is 41.2 Å². The van der Waals surface area contributed by atoms with Crippen LogP contribution in [-0.2, 0) is 38.1 Å². The molecule has 166 valence electrons. The lowest BCUT2D eigenvalue weighted by Crippen LogP contribution is -2.43. The van der Waals surface area contributed by atoms with Crippen LogP contribution in [0.2, 0.25) is 0 Å². The highest BCUT2D eigenvalue weighted by atomic mass is 32.2. The van der Waals surface area contributed by atoms with Crippen molar-refractivity contribution in [1.29, 1.82) is 0 Å². The number of aromatic amines is 1. The summed E-state index contributed by atoms with van der Waals surface area (Å²) in [6.45, 7) is 3.05. The minimum absolute atomic E-state index is 0.00351. The van der Waals surface area contributed by atoms with Gasteiger partial charge in [0.15, 0.2) is 18.1 Å². The quantitative estimate of drug-likeness (QED) is 0.281. The largest absolute Gasteiger partial charge is 0.463 e. The van der Waals surface area contributed by atoms with Crippen LogP contribution in [-0.4, -0.2) is 73.5 Å². The molecule has 1 fully saturated rings. The number of hydrogen-bond acceptors (Lipinski definition) is 12. The number of ketones is 1. The Morgan fingerprint density at radius 3 is 2.40 bits per heavy atom. The Kier molecular flexibility index (Phi) is 7.28. The maximum Gasteiger partial charge on any atom is 0.346 e. The number of ether oxygens (including phenoxy) is 3.